The van der Waals surface area contributed by atoms with E-state index in [1.807, 2.05) is 0 Å². The number of imidazole rings is 1. The maximum Gasteiger partial charge on any atom is 0.303 e. The number of aromatic amines is 1. The smallest absolute Gasteiger partial charge is 0.303 e. The Balaban J connectivity index is 1.85. The first-order valence-electron chi connectivity index (χ1n) is 11.4. The van der Waals surface area contributed by atoms with E-state index in [9.17, 15) is 26.4 Å². The lowest BCUT2D eigenvalue weighted by atomic mass is 9.96. The number of aromatic nitrogens is 4. The van der Waals surface area contributed by atoms with Gasteiger partial charge in [-0.1, -0.05) is 30.3 Å². The van der Waals surface area contributed by atoms with E-state index >= 15 is 0 Å². The van der Waals surface area contributed by atoms with Crippen molar-refractivity contribution < 1.29 is 44.2 Å². The largest absolute Gasteiger partial charge is 0.455 e. The molecule has 1 fully saturated rings. The average Bonchev–Trinajstić information content (AvgIpc) is 3.40. The van der Waals surface area contributed by atoms with Gasteiger partial charge in [-0.3, -0.25) is 22.5 Å². The minimum Gasteiger partial charge on any atom is -0.455 e. The van der Waals surface area contributed by atoms with E-state index in [-0.39, 0.29) is 17.8 Å². The molecule has 1 saturated heterocycles. The van der Waals surface area contributed by atoms with Gasteiger partial charge in [0.15, 0.2) is 29.1 Å². The predicted molar refractivity (Wildman–Crippen MR) is 133 cm³/mol. The number of hydrogen-bond acceptors (Lipinski definition) is 13. The maximum absolute atomic E-state index is 12.2. The molecule has 15 nitrogen and oxygen atoms in total. The van der Waals surface area contributed by atoms with Crippen molar-refractivity contribution in [3.05, 3.63) is 58.9 Å². The molecule has 0 radical (unpaired) electrons. The van der Waals surface area contributed by atoms with Crippen LogP contribution in [-0.2, 0) is 54.2 Å². The van der Waals surface area contributed by atoms with Gasteiger partial charge < -0.3 is 19.2 Å². The Hall–Kier alpha value is -3.22. The first-order chi connectivity index (χ1) is 18.3. The first kappa shape index (κ1) is 28.8. The quantitative estimate of drug-likeness (QED) is 0.230. The summed E-state index contributed by atoms with van der Waals surface area (Å²) in [5.41, 5.74) is -1.81. The van der Waals surface area contributed by atoms with Crippen LogP contribution in [0.15, 0.2) is 47.8 Å². The second-order valence-electron chi connectivity index (χ2n) is 8.85. The summed E-state index contributed by atoms with van der Waals surface area (Å²) >= 11 is 0. The van der Waals surface area contributed by atoms with Crippen LogP contribution in [0.2, 0.25) is 0 Å². The molecule has 39 heavy (non-hydrogen) atoms. The zero-order valence-corrected chi connectivity index (χ0v) is 22.7. The van der Waals surface area contributed by atoms with Crippen LogP contribution < -0.4 is 5.56 Å². The Morgan fingerprint density at radius 1 is 1.08 bits per heavy atom. The van der Waals surface area contributed by atoms with Crippen molar-refractivity contribution in [1.82, 2.24) is 19.5 Å². The highest BCUT2D eigenvalue weighted by Gasteiger charge is 2.60. The second-order valence-corrected chi connectivity index (χ2v) is 12.1. The van der Waals surface area contributed by atoms with Gasteiger partial charge in [0.2, 0.25) is 0 Å². The fraction of sp³-hybridized carbons (Fsp3) is 0.455. The molecule has 3 heterocycles. The maximum atomic E-state index is 12.2. The number of carbonyl (C=O) groups excluding carboxylic acids is 1. The molecular weight excluding hydrogens is 560 g/mol. The Morgan fingerprint density at radius 3 is 2.31 bits per heavy atom. The molecule has 2 aromatic heterocycles. The zero-order valence-electron chi connectivity index (χ0n) is 21.0. The van der Waals surface area contributed by atoms with Crippen LogP contribution in [0.1, 0.15) is 18.7 Å². The summed E-state index contributed by atoms with van der Waals surface area (Å²) in [5.74, 6) is -0.749. The number of fused-ring (bicyclic) bond motifs is 1. The van der Waals surface area contributed by atoms with Crippen molar-refractivity contribution in [2.45, 2.75) is 37.6 Å². The highest BCUT2D eigenvalue weighted by atomic mass is 32.2. The van der Waals surface area contributed by atoms with Crippen LogP contribution in [0, 0.1) is 0 Å². The summed E-state index contributed by atoms with van der Waals surface area (Å²) in [6.45, 7) is -0.465. The summed E-state index contributed by atoms with van der Waals surface area (Å²) in [5, 5.41) is 0. The molecule has 0 unspecified atom stereocenters. The summed E-state index contributed by atoms with van der Waals surface area (Å²) in [6, 6.07) is 8.85. The van der Waals surface area contributed by atoms with E-state index < -0.39 is 69.0 Å². The van der Waals surface area contributed by atoms with Gasteiger partial charge in [0.05, 0.1) is 31.8 Å². The number of rotatable bonds is 11. The molecular formula is C22H26N4O11S2. The third-order valence-corrected chi connectivity index (χ3v) is 6.79. The summed E-state index contributed by atoms with van der Waals surface area (Å²) in [6.07, 6.45) is -0.0332. The molecule has 1 aliphatic rings. The number of hydrogen-bond donors (Lipinski definition) is 1. The van der Waals surface area contributed by atoms with Gasteiger partial charge in [0.1, 0.15) is 19.3 Å². The number of benzene rings is 1. The number of esters is 1. The van der Waals surface area contributed by atoms with Gasteiger partial charge in [-0.25, -0.2) is 9.97 Å². The van der Waals surface area contributed by atoms with Crippen LogP contribution in [-0.4, -0.2) is 85.9 Å². The summed E-state index contributed by atoms with van der Waals surface area (Å²) in [7, 11) is -8.14. The topological polar surface area (TPSA) is 195 Å². The number of nitrogens with one attached hydrogen (secondary N) is 1. The number of carbonyl (C=O) groups is 1. The molecule has 0 bridgehead atoms. The van der Waals surface area contributed by atoms with Gasteiger partial charge in [-0.15, -0.1) is 0 Å². The van der Waals surface area contributed by atoms with E-state index in [4.69, 9.17) is 22.6 Å². The van der Waals surface area contributed by atoms with Gasteiger partial charge in [0.25, 0.3) is 25.8 Å². The van der Waals surface area contributed by atoms with Crippen molar-refractivity contribution in [2.75, 3.05) is 25.7 Å². The molecule has 3 atom stereocenters. The van der Waals surface area contributed by atoms with Crippen LogP contribution in [0.5, 0.6) is 0 Å². The van der Waals surface area contributed by atoms with E-state index in [0.717, 1.165) is 25.8 Å². The van der Waals surface area contributed by atoms with E-state index in [1.54, 1.807) is 30.3 Å². The molecule has 212 valence electrons. The average molecular weight is 587 g/mol. The van der Waals surface area contributed by atoms with E-state index in [1.165, 1.54) is 10.9 Å². The fourth-order valence-electron chi connectivity index (χ4n) is 4.09. The second kappa shape index (κ2) is 11.1. The molecule has 17 heteroatoms. The zero-order chi connectivity index (χ0) is 28.4. The highest BCUT2D eigenvalue weighted by molar-refractivity contribution is 7.86. The van der Waals surface area contributed by atoms with Crippen LogP contribution in [0.25, 0.3) is 11.2 Å². The molecule has 0 saturated carbocycles. The number of nitrogens with zero attached hydrogens (tertiary/aromatic N) is 3. The monoisotopic (exact) mass is 586 g/mol. The minimum absolute atomic E-state index is 0.0478. The van der Waals surface area contributed by atoms with Crippen LogP contribution >= 0.6 is 0 Å². The SMILES string of the molecule is CC(=O)O[C@H]1[C@H](n2cnc3c(=O)[nH]cnc32)OC(COS(C)(=O)=O)(COS(C)(=O)=O)[C@H]1OCc1ccccc1. The van der Waals surface area contributed by atoms with Crippen molar-refractivity contribution in [3.63, 3.8) is 0 Å². The third-order valence-electron chi connectivity index (χ3n) is 5.70. The Labute approximate surface area is 223 Å². The van der Waals surface area contributed by atoms with Crippen molar-refractivity contribution in [2.24, 2.45) is 0 Å². The van der Waals surface area contributed by atoms with Crippen molar-refractivity contribution >= 4 is 37.4 Å². The van der Waals surface area contributed by atoms with Gasteiger partial charge in [-0.05, 0) is 5.56 Å². The van der Waals surface area contributed by atoms with Crippen molar-refractivity contribution in [3.8, 4) is 0 Å². The standard InChI is InChI=1S/C22H26N4O11S2/c1-14(27)36-17-18(33-9-15-7-5-4-6-8-15)22(10-34-38(2,29)30,11-35-39(3,31)32)37-21(17)26-13-25-16-19(26)23-12-24-20(16)28/h4-8,12-13,17-18,21H,9-11H2,1-3H3,(H,23,24,28)/t17-,18+,21-/m1/s1. The van der Waals surface area contributed by atoms with Crippen molar-refractivity contribution in [1.29, 1.82) is 0 Å². The Morgan fingerprint density at radius 2 is 1.72 bits per heavy atom. The van der Waals surface area contributed by atoms with Gasteiger partial charge in [-0.2, -0.15) is 16.8 Å². The lowest BCUT2D eigenvalue weighted by Crippen LogP contribution is -2.53. The molecule has 4 rings (SSSR count). The molecule has 1 aromatic carbocycles. The molecule has 1 aliphatic heterocycles. The molecule has 3 aromatic rings. The predicted octanol–water partition coefficient (Wildman–Crippen LogP) is -0.143. The summed E-state index contributed by atoms with van der Waals surface area (Å²) in [4.78, 5) is 35.0. The Kier molecular flexibility index (Phi) is 8.20. The molecule has 0 amide bonds. The first-order valence-corrected chi connectivity index (χ1v) is 15.0. The number of ether oxygens (including phenoxy) is 3. The minimum atomic E-state index is -4.07. The molecule has 1 N–H and O–H groups in total. The normalized spacial score (nSPS) is 21.3. The lowest BCUT2D eigenvalue weighted by molar-refractivity contribution is -0.159. The van der Waals surface area contributed by atoms with Crippen LogP contribution in [0.4, 0.5) is 0 Å². The van der Waals surface area contributed by atoms with Gasteiger partial charge >= 0.3 is 5.97 Å². The van der Waals surface area contributed by atoms with E-state index in [2.05, 4.69) is 15.0 Å². The molecule has 0 spiro atoms. The third kappa shape index (κ3) is 6.87. The highest BCUT2D eigenvalue weighted by Crippen LogP contribution is 2.43. The molecule has 0 aliphatic carbocycles. The fourth-order valence-corrected chi connectivity index (χ4v) is 4.92. The van der Waals surface area contributed by atoms with Gasteiger partial charge in [0, 0.05) is 6.92 Å². The van der Waals surface area contributed by atoms with E-state index in [0.29, 0.717) is 5.56 Å². The lowest BCUT2D eigenvalue weighted by Gasteiger charge is -2.33. The number of H-pyrrole nitrogens is 1. The summed E-state index contributed by atoms with van der Waals surface area (Å²) < 4.78 is 77.2. The Bertz CT molecular complexity index is 1570. The van der Waals surface area contributed by atoms with Crippen LogP contribution in [0.3, 0.4) is 0 Å².